The number of hydrogen-bond acceptors (Lipinski definition) is 6. The summed E-state index contributed by atoms with van der Waals surface area (Å²) < 4.78 is 6.38. The Hall–Kier alpha value is -2.61. The molecule has 0 aliphatic carbocycles. The summed E-state index contributed by atoms with van der Waals surface area (Å²) in [4.78, 5) is 35.0. The van der Waals surface area contributed by atoms with E-state index in [0.717, 1.165) is 0 Å². The van der Waals surface area contributed by atoms with Crippen molar-refractivity contribution in [3.05, 3.63) is 28.7 Å². The molecule has 1 aromatic carbocycles. The van der Waals surface area contributed by atoms with Gasteiger partial charge in [0.05, 0.1) is 11.2 Å². The van der Waals surface area contributed by atoms with Gasteiger partial charge in [0.2, 0.25) is 11.8 Å². The van der Waals surface area contributed by atoms with Crippen LogP contribution in [0.2, 0.25) is 0 Å². The minimum Gasteiger partial charge on any atom is -0.408 e. The van der Waals surface area contributed by atoms with Gasteiger partial charge in [-0.15, -0.1) is 0 Å². The fraction of sp³-hybridized carbons (Fsp3) is 0.250. The summed E-state index contributed by atoms with van der Waals surface area (Å²) in [7, 11) is 0. The van der Waals surface area contributed by atoms with Gasteiger partial charge >= 0.3 is 5.76 Å². The van der Waals surface area contributed by atoms with Crippen molar-refractivity contribution in [2.45, 2.75) is 18.9 Å². The Kier molecular flexibility index (Phi) is 2.79. The lowest BCUT2D eigenvalue weighted by atomic mass is 10.1. The Balaban J connectivity index is 2.12. The van der Waals surface area contributed by atoms with Gasteiger partial charge in [0.25, 0.3) is 0 Å². The first-order valence-electron chi connectivity index (χ1n) is 6.05. The third-order valence-corrected chi connectivity index (χ3v) is 3.30. The van der Waals surface area contributed by atoms with E-state index in [0.29, 0.717) is 16.8 Å². The molecule has 0 bridgehead atoms. The average molecular weight is 276 g/mol. The molecule has 2 aromatic rings. The second kappa shape index (κ2) is 4.49. The third kappa shape index (κ3) is 1.86. The van der Waals surface area contributed by atoms with Crippen LogP contribution in [0.3, 0.4) is 0 Å². The lowest BCUT2D eigenvalue weighted by molar-refractivity contribution is -0.135. The molecule has 104 valence electrons. The number of oxazole rings is 1. The summed E-state index contributed by atoms with van der Waals surface area (Å²) in [5, 5.41) is 2.22. The molecule has 1 aromatic heterocycles. The molecule has 1 unspecified atom stereocenters. The van der Waals surface area contributed by atoms with Crippen molar-refractivity contribution in [3.63, 3.8) is 0 Å². The summed E-state index contributed by atoms with van der Waals surface area (Å²) in [6.07, 6.45) is 0.466. The van der Waals surface area contributed by atoms with Gasteiger partial charge in [0.1, 0.15) is 6.04 Å². The van der Waals surface area contributed by atoms with Crippen LogP contribution < -0.4 is 22.3 Å². The Morgan fingerprint density at radius 2 is 2.15 bits per heavy atom. The first-order chi connectivity index (χ1) is 9.60. The number of fused-ring (bicyclic) bond motifs is 1. The number of imide groups is 1. The van der Waals surface area contributed by atoms with Gasteiger partial charge in [0.15, 0.2) is 5.58 Å². The van der Waals surface area contributed by atoms with Crippen LogP contribution in [-0.4, -0.2) is 16.4 Å². The molecular weight excluding hydrogens is 264 g/mol. The number of benzene rings is 1. The number of piperidine rings is 1. The molecule has 1 atom stereocenters. The van der Waals surface area contributed by atoms with E-state index in [2.05, 4.69) is 10.7 Å². The highest BCUT2D eigenvalue weighted by atomic mass is 16.4. The number of carbonyl (C=O) groups excluding carboxylic acids is 2. The Morgan fingerprint density at radius 1 is 1.35 bits per heavy atom. The van der Waals surface area contributed by atoms with Gasteiger partial charge in [0, 0.05) is 12.5 Å². The molecule has 1 fully saturated rings. The largest absolute Gasteiger partial charge is 0.420 e. The number of hydrazine groups is 1. The Morgan fingerprint density at radius 3 is 2.85 bits per heavy atom. The molecule has 2 amide bonds. The van der Waals surface area contributed by atoms with E-state index in [-0.39, 0.29) is 18.7 Å². The minimum atomic E-state index is -0.738. The van der Waals surface area contributed by atoms with Crippen LogP contribution in [0.5, 0.6) is 0 Å². The zero-order valence-corrected chi connectivity index (χ0v) is 10.4. The van der Waals surface area contributed by atoms with Crippen molar-refractivity contribution in [1.82, 2.24) is 9.88 Å². The molecule has 20 heavy (non-hydrogen) atoms. The van der Waals surface area contributed by atoms with E-state index < -0.39 is 17.7 Å². The van der Waals surface area contributed by atoms with E-state index in [9.17, 15) is 14.4 Å². The summed E-state index contributed by atoms with van der Waals surface area (Å²) in [6.45, 7) is 0. The first kappa shape index (κ1) is 12.4. The van der Waals surface area contributed by atoms with Crippen molar-refractivity contribution < 1.29 is 14.0 Å². The highest BCUT2D eigenvalue weighted by Gasteiger charge is 2.31. The molecule has 8 nitrogen and oxygen atoms in total. The van der Waals surface area contributed by atoms with Crippen molar-refractivity contribution in [1.29, 1.82) is 0 Å². The van der Waals surface area contributed by atoms with Crippen LogP contribution in [0, 0.1) is 0 Å². The number of aromatic nitrogens is 1. The SMILES string of the molecule is NNc1ccc2c(c1)oc(=O)n2C1CCC(=O)NC1=O. The summed E-state index contributed by atoms with van der Waals surface area (Å²) in [5.74, 6) is 3.83. The standard InChI is InChI=1S/C12H12N4O4/c13-15-6-1-2-7-9(5-6)20-12(19)16(7)8-3-4-10(17)14-11(8)18/h1-2,5,8,15H,3-4,13H2,(H,14,17,18). The molecule has 0 radical (unpaired) electrons. The van der Waals surface area contributed by atoms with Gasteiger partial charge in [-0.2, -0.15) is 0 Å². The molecule has 1 aliphatic heterocycles. The third-order valence-electron chi connectivity index (χ3n) is 3.30. The van der Waals surface area contributed by atoms with Gasteiger partial charge in [-0.1, -0.05) is 0 Å². The second-order valence-electron chi connectivity index (χ2n) is 4.53. The zero-order chi connectivity index (χ0) is 14.3. The maximum Gasteiger partial charge on any atom is 0.420 e. The quantitative estimate of drug-likeness (QED) is 0.399. The maximum absolute atomic E-state index is 11.9. The summed E-state index contributed by atoms with van der Waals surface area (Å²) >= 11 is 0. The van der Waals surface area contributed by atoms with Gasteiger partial charge in [-0.05, 0) is 18.6 Å². The van der Waals surface area contributed by atoms with Gasteiger partial charge in [-0.25, -0.2) is 4.79 Å². The lowest BCUT2D eigenvalue weighted by Gasteiger charge is -2.21. The number of nitrogens with one attached hydrogen (secondary N) is 2. The highest BCUT2D eigenvalue weighted by molar-refractivity contribution is 6.00. The molecule has 2 heterocycles. The topological polar surface area (TPSA) is 119 Å². The van der Waals surface area contributed by atoms with E-state index in [1.165, 1.54) is 4.57 Å². The molecule has 4 N–H and O–H groups in total. The molecule has 0 saturated carbocycles. The van der Waals surface area contributed by atoms with Crippen LogP contribution >= 0.6 is 0 Å². The predicted molar refractivity (Wildman–Crippen MR) is 69.7 cm³/mol. The van der Waals surface area contributed by atoms with E-state index in [1.54, 1.807) is 18.2 Å². The van der Waals surface area contributed by atoms with Crippen LogP contribution in [0.4, 0.5) is 5.69 Å². The number of hydrogen-bond donors (Lipinski definition) is 3. The number of rotatable bonds is 2. The Labute approximate surface area is 112 Å². The predicted octanol–water partition coefficient (Wildman–Crippen LogP) is -0.142. The smallest absolute Gasteiger partial charge is 0.408 e. The monoisotopic (exact) mass is 276 g/mol. The number of anilines is 1. The first-order valence-corrected chi connectivity index (χ1v) is 6.05. The number of nitrogen functional groups attached to an aromatic ring is 1. The minimum absolute atomic E-state index is 0.192. The van der Waals surface area contributed by atoms with Crippen molar-refractivity contribution in [2.75, 3.05) is 5.43 Å². The molecule has 8 heteroatoms. The second-order valence-corrected chi connectivity index (χ2v) is 4.53. The number of nitrogens with two attached hydrogens (primary N) is 1. The van der Waals surface area contributed by atoms with Crippen molar-refractivity contribution in [2.24, 2.45) is 5.84 Å². The van der Waals surface area contributed by atoms with Crippen LogP contribution in [-0.2, 0) is 9.59 Å². The summed E-state index contributed by atoms with van der Waals surface area (Å²) in [5.41, 5.74) is 3.85. The van der Waals surface area contributed by atoms with E-state index in [1.807, 2.05) is 0 Å². The van der Waals surface area contributed by atoms with E-state index in [4.69, 9.17) is 10.3 Å². The zero-order valence-electron chi connectivity index (χ0n) is 10.4. The van der Waals surface area contributed by atoms with Gasteiger partial charge < -0.3 is 9.84 Å². The molecule has 3 rings (SSSR count). The fourth-order valence-electron chi connectivity index (χ4n) is 2.35. The maximum atomic E-state index is 11.9. The summed E-state index contributed by atoms with van der Waals surface area (Å²) in [6, 6.07) is 4.14. The van der Waals surface area contributed by atoms with Crippen LogP contribution in [0.15, 0.2) is 27.4 Å². The lowest BCUT2D eigenvalue weighted by Crippen LogP contribution is -2.43. The normalized spacial score (nSPS) is 19.1. The average Bonchev–Trinajstić information content (AvgIpc) is 2.74. The van der Waals surface area contributed by atoms with Gasteiger partial charge in [-0.3, -0.25) is 25.3 Å². The number of nitrogens with zero attached hydrogens (tertiary/aromatic N) is 1. The fourth-order valence-corrected chi connectivity index (χ4v) is 2.35. The number of amides is 2. The highest BCUT2D eigenvalue weighted by Crippen LogP contribution is 2.24. The van der Waals surface area contributed by atoms with Crippen molar-refractivity contribution in [3.8, 4) is 0 Å². The molecule has 1 aliphatic rings. The van der Waals surface area contributed by atoms with Crippen molar-refractivity contribution >= 4 is 28.6 Å². The van der Waals surface area contributed by atoms with E-state index >= 15 is 0 Å². The number of carbonyl (C=O) groups is 2. The molecular formula is C12H12N4O4. The van der Waals surface area contributed by atoms with Crippen LogP contribution in [0.1, 0.15) is 18.9 Å². The Bertz CT molecular complexity index is 760. The molecule has 0 spiro atoms. The van der Waals surface area contributed by atoms with Crippen LogP contribution in [0.25, 0.3) is 11.1 Å². The molecule has 1 saturated heterocycles.